The molecule has 0 aliphatic heterocycles. The Morgan fingerprint density at radius 1 is 1.53 bits per heavy atom. The average molecular weight is 426 g/mol. The fraction of sp³-hybridized carbons (Fsp3) is 0.182. The smallest absolute Gasteiger partial charge is 0.352 e. The highest BCUT2D eigenvalue weighted by atomic mass is 127. The van der Waals surface area contributed by atoms with Gasteiger partial charge in [0.05, 0.1) is 3.79 Å². The van der Waals surface area contributed by atoms with Gasteiger partial charge in [0.1, 0.15) is 5.69 Å². The van der Waals surface area contributed by atoms with E-state index >= 15 is 0 Å². The topological polar surface area (TPSA) is 42.2 Å². The fourth-order valence-corrected chi connectivity index (χ4v) is 3.66. The molecule has 90 valence electrons. The Morgan fingerprint density at radius 3 is 2.88 bits per heavy atom. The van der Waals surface area contributed by atoms with Crippen LogP contribution in [0.2, 0.25) is 0 Å². The number of aromatic carboxylic acids is 1. The molecule has 0 fully saturated rings. The van der Waals surface area contributed by atoms with Crippen molar-refractivity contribution in [2.75, 3.05) is 0 Å². The molecule has 0 saturated carbocycles. The third-order valence-electron chi connectivity index (χ3n) is 2.31. The van der Waals surface area contributed by atoms with E-state index in [0.29, 0.717) is 12.2 Å². The van der Waals surface area contributed by atoms with Crippen molar-refractivity contribution in [3.8, 4) is 0 Å². The highest BCUT2D eigenvalue weighted by Gasteiger charge is 2.11. The van der Waals surface area contributed by atoms with E-state index in [1.165, 1.54) is 4.88 Å². The SMILES string of the molecule is O=C(O)c1cc(I)cn1CCc1ccc(Br)s1. The molecule has 0 aromatic carbocycles. The number of aromatic nitrogens is 1. The number of carboxylic acid groups (broad SMARTS) is 1. The Balaban J connectivity index is 2.11. The summed E-state index contributed by atoms with van der Waals surface area (Å²) in [5.41, 5.74) is 0.352. The van der Waals surface area contributed by atoms with E-state index in [9.17, 15) is 4.79 Å². The standard InChI is InChI=1S/C11H9BrINO2S/c12-10-2-1-8(17-10)3-4-14-6-7(13)5-9(14)11(15)16/h1-2,5-6H,3-4H2,(H,15,16). The molecule has 0 saturated heterocycles. The maximum Gasteiger partial charge on any atom is 0.352 e. The molecule has 2 aromatic rings. The molecule has 2 aromatic heterocycles. The van der Waals surface area contributed by atoms with Crippen LogP contribution in [0.3, 0.4) is 0 Å². The Kier molecular flexibility index (Phi) is 4.26. The lowest BCUT2D eigenvalue weighted by Crippen LogP contribution is -2.08. The summed E-state index contributed by atoms with van der Waals surface area (Å²) in [4.78, 5) is 12.3. The van der Waals surface area contributed by atoms with Crippen LogP contribution >= 0.6 is 49.9 Å². The summed E-state index contributed by atoms with van der Waals surface area (Å²) in [5.74, 6) is -0.875. The number of halogens is 2. The van der Waals surface area contributed by atoms with Gasteiger partial charge in [0.2, 0.25) is 0 Å². The largest absolute Gasteiger partial charge is 0.477 e. The van der Waals surface area contributed by atoms with Gasteiger partial charge in [-0.2, -0.15) is 0 Å². The van der Waals surface area contributed by atoms with E-state index in [1.54, 1.807) is 22.0 Å². The lowest BCUT2D eigenvalue weighted by molar-refractivity contribution is 0.0685. The second-order valence-electron chi connectivity index (χ2n) is 3.50. The summed E-state index contributed by atoms with van der Waals surface area (Å²) in [7, 11) is 0. The minimum absolute atomic E-state index is 0.352. The summed E-state index contributed by atoms with van der Waals surface area (Å²) in [5, 5.41) is 9.05. The van der Waals surface area contributed by atoms with Gasteiger partial charge in [-0.3, -0.25) is 0 Å². The van der Waals surface area contributed by atoms with Crippen molar-refractivity contribution in [3.05, 3.63) is 42.3 Å². The Morgan fingerprint density at radius 2 is 2.29 bits per heavy atom. The van der Waals surface area contributed by atoms with Crippen LogP contribution in [0.25, 0.3) is 0 Å². The van der Waals surface area contributed by atoms with Gasteiger partial charge >= 0.3 is 5.97 Å². The number of carboxylic acids is 1. The molecular weight excluding hydrogens is 417 g/mol. The van der Waals surface area contributed by atoms with Crippen LogP contribution in [0.5, 0.6) is 0 Å². The van der Waals surface area contributed by atoms with Crippen molar-refractivity contribution in [2.24, 2.45) is 0 Å². The molecule has 0 atom stereocenters. The van der Waals surface area contributed by atoms with Crippen LogP contribution in [0.4, 0.5) is 0 Å². The van der Waals surface area contributed by atoms with Crippen molar-refractivity contribution in [2.45, 2.75) is 13.0 Å². The molecule has 0 radical (unpaired) electrons. The number of hydrogen-bond acceptors (Lipinski definition) is 2. The highest BCUT2D eigenvalue weighted by Crippen LogP contribution is 2.23. The molecule has 0 aliphatic carbocycles. The first-order valence-electron chi connectivity index (χ1n) is 4.89. The fourth-order valence-electron chi connectivity index (χ4n) is 1.56. The molecule has 6 heteroatoms. The zero-order chi connectivity index (χ0) is 12.4. The van der Waals surface area contributed by atoms with Gasteiger partial charge in [-0.05, 0) is 63.1 Å². The minimum Gasteiger partial charge on any atom is -0.477 e. The van der Waals surface area contributed by atoms with E-state index < -0.39 is 5.97 Å². The molecule has 0 bridgehead atoms. The molecule has 1 N–H and O–H groups in total. The van der Waals surface area contributed by atoms with Crippen molar-refractivity contribution in [1.82, 2.24) is 4.57 Å². The van der Waals surface area contributed by atoms with E-state index in [4.69, 9.17) is 5.11 Å². The zero-order valence-corrected chi connectivity index (χ0v) is 13.3. The lowest BCUT2D eigenvalue weighted by Gasteiger charge is -2.04. The molecule has 0 amide bonds. The second kappa shape index (κ2) is 5.53. The van der Waals surface area contributed by atoms with Crippen LogP contribution < -0.4 is 0 Å². The average Bonchev–Trinajstić information content (AvgIpc) is 2.82. The van der Waals surface area contributed by atoms with Crippen LogP contribution in [-0.2, 0) is 13.0 Å². The number of carbonyl (C=O) groups is 1. The summed E-state index contributed by atoms with van der Waals surface area (Å²) in [6.07, 6.45) is 2.72. The van der Waals surface area contributed by atoms with E-state index in [-0.39, 0.29) is 0 Å². The van der Waals surface area contributed by atoms with Gasteiger partial charge in [0, 0.05) is 21.2 Å². The maximum atomic E-state index is 11.0. The summed E-state index contributed by atoms with van der Waals surface area (Å²) < 4.78 is 3.85. The Bertz CT molecular complexity index is 549. The van der Waals surface area contributed by atoms with E-state index in [0.717, 1.165) is 13.8 Å². The van der Waals surface area contributed by atoms with Crippen molar-refractivity contribution in [3.63, 3.8) is 0 Å². The molecule has 0 spiro atoms. The third kappa shape index (κ3) is 3.32. The highest BCUT2D eigenvalue weighted by molar-refractivity contribution is 14.1. The Labute approximate surface area is 125 Å². The summed E-state index contributed by atoms with van der Waals surface area (Å²) in [6.45, 7) is 0.692. The first-order chi connectivity index (χ1) is 8.06. The van der Waals surface area contributed by atoms with Crippen LogP contribution in [0.15, 0.2) is 28.2 Å². The summed E-state index contributed by atoms with van der Waals surface area (Å²) >= 11 is 7.23. The number of thiophene rings is 1. The molecule has 2 rings (SSSR count). The van der Waals surface area contributed by atoms with Gasteiger partial charge in [-0.1, -0.05) is 0 Å². The monoisotopic (exact) mass is 425 g/mol. The van der Waals surface area contributed by atoms with Crippen molar-refractivity contribution in [1.29, 1.82) is 0 Å². The van der Waals surface area contributed by atoms with Crippen molar-refractivity contribution < 1.29 is 9.90 Å². The number of nitrogens with zero attached hydrogens (tertiary/aromatic N) is 1. The normalized spacial score (nSPS) is 10.7. The number of hydrogen-bond donors (Lipinski definition) is 1. The predicted molar refractivity (Wildman–Crippen MR) is 79.8 cm³/mol. The van der Waals surface area contributed by atoms with Crippen LogP contribution in [0, 0.1) is 3.57 Å². The van der Waals surface area contributed by atoms with Gasteiger partial charge in [-0.25, -0.2) is 4.79 Å². The molecule has 3 nitrogen and oxygen atoms in total. The van der Waals surface area contributed by atoms with Gasteiger partial charge in [0.15, 0.2) is 0 Å². The number of aryl methyl sites for hydroxylation is 2. The molecule has 17 heavy (non-hydrogen) atoms. The number of rotatable bonds is 4. The molecule has 0 aliphatic rings. The quantitative estimate of drug-likeness (QED) is 0.755. The first kappa shape index (κ1) is 13.1. The molecule has 0 unspecified atom stereocenters. The predicted octanol–water partition coefficient (Wildman–Crippen LogP) is 3.86. The van der Waals surface area contributed by atoms with E-state index in [2.05, 4.69) is 44.6 Å². The van der Waals surface area contributed by atoms with Crippen LogP contribution in [-0.4, -0.2) is 15.6 Å². The first-order valence-corrected chi connectivity index (χ1v) is 7.58. The summed E-state index contributed by atoms with van der Waals surface area (Å²) in [6, 6.07) is 5.76. The van der Waals surface area contributed by atoms with E-state index in [1.807, 2.05) is 12.3 Å². The van der Waals surface area contributed by atoms with Crippen LogP contribution in [0.1, 0.15) is 15.4 Å². The van der Waals surface area contributed by atoms with Crippen molar-refractivity contribution >= 4 is 55.8 Å². The Hall–Kier alpha value is -0.340. The second-order valence-corrected chi connectivity index (χ2v) is 7.29. The zero-order valence-electron chi connectivity index (χ0n) is 8.69. The minimum atomic E-state index is -0.875. The van der Waals surface area contributed by atoms with Gasteiger partial charge in [-0.15, -0.1) is 11.3 Å². The van der Waals surface area contributed by atoms with Gasteiger partial charge in [0.25, 0.3) is 0 Å². The van der Waals surface area contributed by atoms with Gasteiger partial charge < -0.3 is 9.67 Å². The lowest BCUT2D eigenvalue weighted by atomic mass is 10.3. The maximum absolute atomic E-state index is 11.0. The third-order valence-corrected chi connectivity index (χ3v) is 4.58. The molecular formula is C11H9BrINO2S. The molecule has 2 heterocycles.